The third-order valence-electron chi connectivity index (χ3n) is 6.02. The largest absolute Gasteiger partial charge is 0.335 e. The third-order valence-corrected chi connectivity index (χ3v) is 7.05. The number of benzene rings is 1. The molecular formula is C27H23N7OS. The number of nitrogens with zero attached hydrogens (tertiary/aromatic N) is 4. The number of carbonyl (C=O) groups is 1. The first-order chi connectivity index (χ1) is 17.6. The van der Waals surface area contributed by atoms with Crippen molar-refractivity contribution in [1.29, 1.82) is 0 Å². The summed E-state index contributed by atoms with van der Waals surface area (Å²) in [5.41, 5.74) is 6.92. The van der Waals surface area contributed by atoms with Gasteiger partial charge >= 0.3 is 0 Å². The lowest BCUT2D eigenvalue weighted by molar-refractivity contribution is -0.116. The van der Waals surface area contributed by atoms with Crippen LogP contribution < -0.4 is 5.32 Å². The average Bonchev–Trinajstić information content (AvgIpc) is 3.61. The van der Waals surface area contributed by atoms with Gasteiger partial charge in [0.05, 0.1) is 29.1 Å². The molecule has 9 heteroatoms. The minimum atomic E-state index is -0.0134. The molecule has 0 aliphatic heterocycles. The van der Waals surface area contributed by atoms with Crippen LogP contribution in [0.1, 0.15) is 24.6 Å². The number of aromatic nitrogens is 6. The average molecular weight is 494 g/mol. The van der Waals surface area contributed by atoms with Crippen LogP contribution in [-0.2, 0) is 4.79 Å². The maximum atomic E-state index is 12.0. The van der Waals surface area contributed by atoms with E-state index in [1.54, 1.807) is 29.9 Å². The van der Waals surface area contributed by atoms with Crippen LogP contribution in [0.25, 0.3) is 55.0 Å². The van der Waals surface area contributed by atoms with Gasteiger partial charge in [0.15, 0.2) is 5.82 Å². The summed E-state index contributed by atoms with van der Waals surface area (Å²) in [4.78, 5) is 31.5. The SMILES string of the molecule is CCCC(=O)Nc1cncc(-c2ccc3[nH]nc(-c4nc5c(-c6ccc(C)s6)cncc5[nH]4)c3c2)c1. The van der Waals surface area contributed by atoms with Crippen LogP contribution in [0, 0.1) is 6.92 Å². The minimum absolute atomic E-state index is 0.0134. The highest BCUT2D eigenvalue weighted by Crippen LogP contribution is 2.35. The lowest BCUT2D eigenvalue weighted by Gasteiger charge is -2.07. The zero-order valence-corrected chi connectivity index (χ0v) is 20.6. The predicted molar refractivity (Wildman–Crippen MR) is 144 cm³/mol. The lowest BCUT2D eigenvalue weighted by Crippen LogP contribution is -2.10. The van der Waals surface area contributed by atoms with E-state index in [-0.39, 0.29) is 5.91 Å². The van der Waals surface area contributed by atoms with E-state index in [9.17, 15) is 4.79 Å². The fourth-order valence-electron chi connectivity index (χ4n) is 4.30. The summed E-state index contributed by atoms with van der Waals surface area (Å²) in [6.07, 6.45) is 8.38. The molecule has 8 nitrogen and oxygen atoms in total. The zero-order valence-electron chi connectivity index (χ0n) is 19.8. The molecule has 0 bridgehead atoms. The van der Waals surface area contributed by atoms with Gasteiger partial charge in [0.1, 0.15) is 11.2 Å². The molecule has 0 spiro atoms. The van der Waals surface area contributed by atoms with E-state index in [0.29, 0.717) is 17.9 Å². The number of aryl methyl sites for hydroxylation is 1. The van der Waals surface area contributed by atoms with Crippen LogP contribution >= 0.6 is 11.3 Å². The molecule has 3 N–H and O–H groups in total. The summed E-state index contributed by atoms with van der Waals surface area (Å²) in [5.74, 6) is 0.662. The van der Waals surface area contributed by atoms with E-state index in [1.807, 2.05) is 31.3 Å². The van der Waals surface area contributed by atoms with E-state index in [2.05, 4.69) is 55.6 Å². The molecule has 6 aromatic rings. The van der Waals surface area contributed by atoms with Crippen LogP contribution in [0.3, 0.4) is 0 Å². The predicted octanol–water partition coefficient (Wildman–Crippen LogP) is 6.34. The Bertz CT molecular complexity index is 1730. The second-order valence-electron chi connectivity index (χ2n) is 8.67. The van der Waals surface area contributed by atoms with Gasteiger partial charge in [0.2, 0.25) is 5.91 Å². The molecule has 0 fully saturated rings. The molecule has 0 aliphatic rings. The van der Waals surface area contributed by atoms with Crippen molar-refractivity contribution >= 4 is 44.9 Å². The maximum absolute atomic E-state index is 12.0. The van der Waals surface area contributed by atoms with Crippen molar-refractivity contribution in [2.24, 2.45) is 0 Å². The lowest BCUT2D eigenvalue weighted by atomic mass is 10.0. The van der Waals surface area contributed by atoms with Crippen LogP contribution in [0.15, 0.2) is 61.2 Å². The number of fused-ring (bicyclic) bond motifs is 2. The monoisotopic (exact) mass is 493 g/mol. The van der Waals surface area contributed by atoms with Crippen molar-refractivity contribution in [2.45, 2.75) is 26.7 Å². The number of aromatic amines is 2. The standard InChI is InChI=1S/C27H23N7OS/c1-3-4-24(35)30-18-9-17(11-28-12-18)16-6-7-21-19(10-16)26(34-33-21)27-31-22-14-29-13-20(25(22)32-27)23-8-5-15(2)36-23/h5-14H,3-4H2,1-2H3,(H,30,35)(H,31,32)(H,33,34). The summed E-state index contributed by atoms with van der Waals surface area (Å²) in [5, 5.41) is 11.5. The first-order valence-corrected chi connectivity index (χ1v) is 12.5. The van der Waals surface area contributed by atoms with Crippen LogP contribution in [0.5, 0.6) is 0 Å². The Balaban J connectivity index is 1.40. The molecule has 1 aromatic carbocycles. The number of H-pyrrole nitrogens is 2. The number of anilines is 1. The fourth-order valence-corrected chi connectivity index (χ4v) is 5.17. The summed E-state index contributed by atoms with van der Waals surface area (Å²) in [7, 11) is 0. The van der Waals surface area contributed by atoms with Gasteiger partial charge in [-0.25, -0.2) is 4.98 Å². The molecule has 0 atom stereocenters. The van der Waals surface area contributed by atoms with E-state index in [0.717, 1.165) is 55.6 Å². The second kappa shape index (κ2) is 9.01. The number of nitrogens with one attached hydrogen (secondary N) is 3. The van der Waals surface area contributed by atoms with E-state index >= 15 is 0 Å². The molecule has 36 heavy (non-hydrogen) atoms. The van der Waals surface area contributed by atoms with E-state index in [1.165, 1.54) is 4.88 Å². The smallest absolute Gasteiger partial charge is 0.224 e. The molecule has 0 unspecified atom stereocenters. The normalized spacial score (nSPS) is 11.4. The molecule has 0 radical (unpaired) electrons. The van der Waals surface area contributed by atoms with Gasteiger partial charge in [-0.05, 0) is 49.2 Å². The van der Waals surface area contributed by atoms with Gasteiger partial charge in [-0.15, -0.1) is 11.3 Å². The Labute approximate surface area is 210 Å². The Morgan fingerprint density at radius 1 is 1.00 bits per heavy atom. The van der Waals surface area contributed by atoms with Crippen LogP contribution in [0.2, 0.25) is 0 Å². The number of hydrogen-bond donors (Lipinski definition) is 3. The molecule has 0 aliphatic carbocycles. The Kier molecular flexibility index (Phi) is 5.54. The second-order valence-corrected chi connectivity index (χ2v) is 9.96. The highest BCUT2D eigenvalue weighted by molar-refractivity contribution is 7.15. The Morgan fingerprint density at radius 2 is 1.89 bits per heavy atom. The topological polar surface area (TPSA) is 112 Å². The number of carbonyl (C=O) groups excluding carboxylic acids is 1. The van der Waals surface area contributed by atoms with Gasteiger partial charge in [-0.2, -0.15) is 5.10 Å². The van der Waals surface area contributed by atoms with Crippen molar-refractivity contribution < 1.29 is 4.79 Å². The molecule has 5 aromatic heterocycles. The number of amides is 1. The van der Waals surface area contributed by atoms with Crippen molar-refractivity contribution in [2.75, 3.05) is 5.32 Å². The van der Waals surface area contributed by atoms with Crippen molar-refractivity contribution in [1.82, 2.24) is 30.1 Å². The first kappa shape index (κ1) is 22.1. The van der Waals surface area contributed by atoms with Gasteiger partial charge in [0.25, 0.3) is 0 Å². The summed E-state index contributed by atoms with van der Waals surface area (Å²) in [6, 6.07) is 12.2. The van der Waals surface area contributed by atoms with Crippen LogP contribution in [-0.4, -0.2) is 36.0 Å². The van der Waals surface area contributed by atoms with E-state index < -0.39 is 0 Å². The quantitative estimate of drug-likeness (QED) is 0.251. The number of thiophene rings is 1. The molecule has 0 saturated heterocycles. The fraction of sp³-hybridized carbons (Fsp3) is 0.148. The van der Waals surface area contributed by atoms with Gasteiger partial charge < -0.3 is 10.3 Å². The number of rotatable bonds is 6. The number of pyridine rings is 2. The van der Waals surface area contributed by atoms with Crippen molar-refractivity contribution in [3.63, 3.8) is 0 Å². The molecule has 6 rings (SSSR count). The molecule has 1 amide bonds. The number of imidazole rings is 1. The molecule has 5 heterocycles. The highest BCUT2D eigenvalue weighted by atomic mass is 32.1. The van der Waals surface area contributed by atoms with E-state index in [4.69, 9.17) is 4.98 Å². The van der Waals surface area contributed by atoms with Gasteiger partial charge in [-0.3, -0.25) is 19.9 Å². The number of hydrogen-bond acceptors (Lipinski definition) is 6. The Morgan fingerprint density at radius 3 is 2.72 bits per heavy atom. The van der Waals surface area contributed by atoms with Gasteiger partial charge in [-0.1, -0.05) is 13.0 Å². The Hall–Kier alpha value is -4.37. The van der Waals surface area contributed by atoms with Gasteiger partial charge in [0, 0.05) is 45.1 Å². The summed E-state index contributed by atoms with van der Waals surface area (Å²) >= 11 is 1.72. The zero-order chi connectivity index (χ0) is 24.6. The maximum Gasteiger partial charge on any atom is 0.224 e. The molecule has 0 saturated carbocycles. The third kappa shape index (κ3) is 4.03. The van der Waals surface area contributed by atoms with Crippen LogP contribution in [0.4, 0.5) is 5.69 Å². The summed E-state index contributed by atoms with van der Waals surface area (Å²) in [6.45, 7) is 4.07. The molecule has 178 valence electrons. The van der Waals surface area contributed by atoms with Crippen molar-refractivity contribution in [3.05, 3.63) is 66.1 Å². The van der Waals surface area contributed by atoms with Crippen molar-refractivity contribution in [3.8, 4) is 33.1 Å². The minimum Gasteiger partial charge on any atom is -0.335 e. The molecular weight excluding hydrogens is 470 g/mol. The highest BCUT2D eigenvalue weighted by Gasteiger charge is 2.17. The first-order valence-electron chi connectivity index (χ1n) is 11.7. The summed E-state index contributed by atoms with van der Waals surface area (Å²) < 4.78 is 0.